The van der Waals surface area contributed by atoms with Gasteiger partial charge in [0.05, 0.1) is 6.54 Å². The third kappa shape index (κ3) is 2.98. The lowest BCUT2D eigenvalue weighted by atomic mass is 10.3. The van der Waals surface area contributed by atoms with Gasteiger partial charge in [-0.3, -0.25) is 9.48 Å². The Morgan fingerprint density at radius 1 is 1.19 bits per heavy atom. The lowest BCUT2D eigenvalue weighted by Gasteiger charge is -2.25. The van der Waals surface area contributed by atoms with Gasteiger partial charge in [0, 0.05) is 44.7 Å². The number of carbonyl (C=O) groups excluding carboxylic acids is 1. The number of amides is 1. The van der Waals surface area contributed by atoms with E-state index in [9.17, 15) is 4.79 Å². The summed E-state index contributed by atoms with van der Waals surface area (Å²) in [6, 6.07) is 0. The number of rotatable bonds is 4. The molecule has 0 radical (unpaired) electrons. The fourth-order valence-corrected chi connectivity index (χ4v) is 3.03. The van der Waals surface area contributed by atoms with Crippen molar-refractivity contribution < 1.29 is 4.79 Å². The van der Waals surface area contributed by atoms with Gasteiger partial charge in [0.1, 0.15) is 11.6 Å². The van der Waals surface area contributed by atoms with E-state index in [4.69, 9.17) is 0 Å². The topological polar surface area (TPSA) is 106 Å². The van der Waals surface area contributed by atoms with Crippen molar-refractivity contribution in [3.63, 3.8) is 0 Å². The van der Waals surface area contributed by atoms with Gasteiger partial charge in [-0.25, -0.2) is 9.97 Å². The Kier molecular flexibility index (Phi) is 4.02. The summed E-state index contributed by atoms with van der Waals surface area (Å²) in [5, 5.41) is 11.8. The van der Waals surface area contributed by atoms with Crippen LogP contribution in [-0.4, -0.2) is 59.9 Å². The molecule has 1 aliphatic heterocycles. The summed E-state index contributed by atoms with van der Waals surface area (Å²) in [5.41, 5.74) is 1.84. The maximum absolute atomic E-state index is 11.6. The smallest absolute Gasteiger partial charge is 0.245 e. The van der Waals surface area contributed by atoms with E-state index in [0.717, 1.165) is 35.2 Å². The second kappa shape index (κ2) is 6.36. The van der Waals surface area contributed by atoms with E-state index < -0.39 is 0 Å². The van der Waals surface area contributed by atoms with E-state index in [1.807, 2.05) is 32.0 Å². The number of hydrogen-bond acceptors (Lipinski definition) is 7. The molecule has 0 spiro atoms. The van der Waals surface area contributed by atoms with Crippen LogP contribution in [0.1, 0.15) is 23.0 Å². The highest BCUT2D eigenvalue weighted by molar-refractivity contribution is 5.81. The summed E-state index contributed by atoms with van der Waals surface area (Å²) in [5.74, 6) is 3.01. The third-order valence-corrected chi connectivity index (χ3v) is 4.49. The molecule has 0 aliphatic carbocycles. The van der Waals surface area contributed by atoms with Crippen LogP contribution in [0.5, 0.6) is 0 Å². The first-order valence-electron chi connectivity index (χ1n) is 8.60. The van der Waals surface area contributed by atoms with Gasteiger partial charge in [0.25, 0.3) is 0 Å². The molecule has 0 unspecified atom stereocenters. The van der Waals surface area contributed by atoms with Gasteiger partial charge in [0.15, 0.2) is 11.5 Å². The zero-order chi connectivity index (χ0) is 18.3. The molecule has 0 atom stereocenters. The molecule has 3 aromatic heterocycles. The maximum Gasteiger partial charge on any atom is 0.245 e. The molecule has 10 nitrogen and oxygen atoms in total. The molecule has 1 fully saturated rings. The molecule has 4 heterocycles. The Morgan fingerprint density at radius 3 is 2.81 bits per heavy atom. The molecular weight excluding hydrogens is 334 g/mol. The van der Waals surface area contributed by atoms with Crippen molar-refractivity contribution in [3.05, 3.63) is 29.2 Å². The van der Waals surface area contributed by atoms with Crippen molar-refractivity contribution in [1.82, 2.24) is 39.7 Å². The first-order valence-corrected chi connectivity index (χ1v) is 8.60. The summed E-state index contributed by atoms with van der Waals surface area (Å²) in [7, 11) is 1.87. The number of hydrogen-bond donors (Lipinski definition) is 1. The number of carbonyl (C=O) groups is 1. The summed E-state index contributed by atoms with van der Waals surface area (Å²) in [6.45, 7) is 5.51. The Hall–Kier alpha value is -3.04. The Labute approximate surface area is 150 Å². The molecule has 1 saturated heterocycles. The molecule has 1 aliphatic rings. The van der Waals surface area contributed by atoms with Crippen molar-refractivity contribution in [1.29, 1.82) is 0 Å². The molecule has 136 valence electrons. The minimum Gasteiger partial charge on any atom is -0.353 e. The first kappa shape index (κ1) is 16.4. The van der Waals surface area contributed by atoms with Gasteiger partial charge in [-0.05, 0) is 13.8 Å². The number of aromatic nitrogens is 7. The number of anilines is 1. The van der Waals surface area contributed by atoms with E-state index in [2.05, 4.69) is 30.5 Å². The summed E-state index contributed by atoms with van der Waals surface area (Å²) >= 11 is 0. The van der Waals surface area contributed by atoms with Crippen LogP contribution in [0.2, 0.25) is 0 Å². The zero-order valence-electron chi connectivity index (χ0n) is 15.1. The van der Waals surface area contributed by atoms with E-state index >= 15 is 0 Å². The second-order valence-corrected chi connectivity index (χ2v) is 6.48. The summed E-state index contributed by atoms with van der Waals surface area (Å²) in [6.07, 6.45) is 3.14. The number of nitrogens with one attached hydrogen (secondary N) is 1. The molecule has 1 N–H and O–H groups in total. The van der Waals surface area contributed by atoms with Gasteiger partial charge >= 0.3 is 0 Å². The van der Waals surface area contributed by atoms with Gasteiger partial charge < -0.3 is 10.2 Å². The number of aryl methyl sites for hydroxylation is 5. The summed E-state index contributed by atoms with van der Waals surface area (Å²) < 4.78 is 3.54. The van der Waals surface area contributed by atoms with Crippen LogP contribution in [-0.2, 0) is 24.7 Å². The van der Waals surface area contributed by atoms with Crippen LogP contribution in [0.4, 0.5) is 5.95 Å². The van der Waals surface area contributed by atoms with Crippen LogP contribution in [0.3, 0.4) is 0 Å². The lowest BCUT2D eigenvalue weighted by Crippen LogP contribution is -2.48. The lowest BCUT2D eigenvalue weighted by molar-refractivity contribution is -0.120. The van der Waals surface area contributed by atoms with Crippen molar-refractivity contribution in [2.24, 2.45) is 7.05 Å². The predicted octanol–water partition coefficient (Wildman–Crippen LogP) is -0.409. The second-order valence-electron chi connectivity index (χ2n) is 6.48. The minimum absolute atomic E-state index is 0.00139. The SMILES string of the molecule is Cc1cnc(C)n2nc(CCc3nc(N4CCNC(=O)C4)nn3C)nc12. The van der Waals surface area contributed by atoms with Crippen LogP contribution in [0.15, 0.2) is 6.20 Å². The molecule has 0 aromatic carbocycles. The van der Waals surface area contributed by atoms with Crippen LogP contribution in [0.25, 0.3) is 5.65 Å². The summed E-state index contributed by atoms with van der Waals surface area (Å²) in [4.78, 5) is 27.0. The van der Waals surface area contributed by atoms with E-state index in [1.54, 1.807) is 9.20 Å². The highest BCUT2D eigenvalue weighted by Crippen LogP contribution is 2.13. The standard InChI is InChI=1S/C16H21N9O/c1-10-8-18-11(2)25-15(10)19-12(21-25)4-5-13-20-16(22-23(13)3)24-7-6-17-14(26)9-24/h8H,4-7,9H2,1-3H3,(H,17,26). The fourth-order valence-electron chi connectivity index (χ4n) is 3.03. The molecule has 26 heavy (non-hydrogen) atoms. The van der Waals surface area contributed by atoms with Crippen LogP contribution in [0, 0.1) is 13.8 Å². The first-order chi connectivity index (χ1) is 12.5. The van der Waals surface area contributed by atoms with Gasteiger partial charge in [0.2, 0.25) is 11.9 Å². The van der Waals surface area contributed by atoms with Crippen LogP contribution >= 0.6 is 0 Å². The Balaban J connectivity index is 1.51. The molecule has 4 rings (SSSR count). The highest BCUT2D eigenvalue weighted by atomic mass is 16.2. The quantitative estimate of drug-likeness (QED) is 0.678. The normalized spacial score (nSPS) is 14.9. The average molecular weight is 355 g/mol. The molecule has 10 heteroatoms. The van der Waals surface area contributed by atoms with Crippen molar-refractivity contribution in [2.75, 3.05) is 24.5 Å². The number of fused-ring (bicyclic) bond motifs is 1. The molecule has 3 aromatic rings. The molecule has 0 saturated carbocycles. The zero-order valence-corrected chi connectivity index (χ0v) is 15.1. The van der Waals surface area contributed by atoms with E-state index in [0.29, 0.717) is 31.9 Å². The Morgan fingerprint density at radius 2 is 2.04 bits per heavy atom. The maximum atomic E-state index is 11.6. The van der Waals surface area contributed by atoms with Crippen molar-refractivity contribution in [3.8, 4) is 0 Å². The largest absolute Gasteiger partial charge is 0.353 e. The Bertz CT molecular complexity index is 935. The third-order valence-electron chi connectivity index (χ3n) is 4.49. The molecule has 0 bridgehead atoms. The predicted molar refractivity (Wildman–Crippen MR) is 93.9 cm³/mol. The van der Waals surface area contributed by atoms with E-state index in [-0.39, 0.29) is 5.91 Å². The van der Waals surface area contributed by atoms with Gasteiger partial charge in [-0.1, -0.05) is 0 Å². The molecule has 1 amide bonds. The number of nitrogens with zero attached hydrogens (tertiary/aromatic N) is 8. The highest BCUT2D eigenvalue weighted by Gasteiger charge is 2.21. The van der Waals surface area contributed by atoms with Gasteiger partial charge in [-0.2, -0.15) is 9.50 Å². The van der Waals surface area contributed by atoms with Crippen molar-refractivity contribution >= 4 is 17.5 Å². The average Bonchev–Trinajstić information content (AvgIpc) is 3.21. The van der Waals surface area contributed by atoms with Crippen molar-refractivity contribution in [2.45, 2.75) is 26.7 Å². The van der Waals surface area contributed by atoms with E-state index in [1.165, 1.54) is 0 Å². The minimum atomic E-state index is -0.00139. The molecular formula is C16H21N9O. The fraction of sp³-hybridized carbons (Fsp3) is 0.500. The van der Waals surface area contributed by atoms with Gasteiger partial charge in [-0.15, -0.1) is 10.2 Å². The number of piperazine rings is 1. The monoisotopic (exact) mass is 355 g/mol. The van der Waals surface area contributed by atoms with Crippen LogP contribution < -0.4 is 10.2 Å².